The Labute approximate surface area is 126 Å². The van der Waals surface area contributed by atoms with Gasteiger partial charge in [0.15, 0.2) is 0 Å². The van der Waals surface area contributed by atoms with Gasteiger partial charge in [-0.25, -0.2) is 0 Å². The minimum atomic E-state index is 0.0853. The van der Waals surface area contributed by atoms with Gasteiger partial charge in [-0.05, 0) is 57.1 Å². The van der Waals surface area contributed by atoms with Crippen LogP contribution in [0.3, 0.4) is 0 Å². The Hall–Kier alpha value is -1.33. The fourth-order valence-electron chi connectivity index (χ4n) is 3.18. The summed E-state index contributed by atoms with van der Waals surface area (Å²) in [6.07, 6.45) is 4.17. The molecule has 2 unspecified atom stereocenters. The highest BCUT2D eigenvalue weighted by molar-refractivity contribution is 5.78. The lowest BCUT2D eigenvalue weighted by molar-refractivity contribution is -0.127. The molecule has 2 aliphatic heterocycles. The highest BCUT2D eigenvalue weighted by Gasteiger charge is 2.30. The summed E-state index contributed by atoms with van der Waals surface area (Å²) >= 11 is 0. The van der Waals surface area contributed by atoms with Gasteiger partial charge < -0.3 is 15.1 Å². The normalized spacial score (nSPS) is 22.7. The Morgan fingerprint density at radius 2 is 2.24 bits per heavy atom. The molecule has 0 radical (unpaired) electrons. The first-order chi connectivity index (χ1) is 10.3. The SMILES string of the molecule is CC(C(=O)NCC(c1ccco1)N1CCCC1)C1CNC1. The minimum Gasteiger partial charge on any atom is -0.468 e. The summed E-state index contributed by atoms with van der Waals surface area (Å²) in [5, 5.41) is 6.35. The molecule has 2 fully saturated rings. The molecule has 5 heteroatoms. The molecule has 5 nitrogen and oxygen atoms in total. The van der Waals surface area contributed by atoms with E-state index in [0.29, 0.717) is 12.5 Å². The molecule has 2 aliphatic rings. The second-order valence-corrected chi connectivity index (χ2v) is 6.23. The van der Waals surface area contributed by atoms with Crippen molar-refractivity contribution in [3.63, 3.8) is 0 Å². The number of hydrogen-bond donors (Lipinski definition) is 2. The van der Waals surface area contributed by atoms with Crippen LogP contribution in [0.4, 0.5) is 0 Å². The molecule has 1 aromatic heterocycles. The largest absolute Gasteiger partial charge is 0.468 e. The van der Waals surface area contributed by atoms with Gasteiger partial charge in [0.1, 0.15) is 5.76 Å². The molecule has 0 spiro atoms. The molecule has 1 aromatic rings. The van der Waals surface area contributed by atoms with Crippen LogP contribution in [0.5, 0.6) is 0 Å². The van der Waals surface area contributed by atoms with Crippen LogP contribution in [0, 0.1) is 11.8 Å². The van der Waals surface area contributed by atoms with Crippen LogP contribution < -0.4 is 10.6 Å². The number of nitrogens with zero attached hydrogens (tertiary/aromatic N) is 1. The summed E-state index contributed by atoms with van der Waals surface area (Å²) in [7, 11) is 0. The summed E-state index contributed by atoms with van der Waals surface area (Å²) in [6.45, 7) is 6.76. The first kappa shape index (κ1) is 14.6. The molecule has 0 aromatic carbocycles. The Morgan fingerprint density at radius 1 is 1.48 bits per heavy atom. The van der Waals surface area contributed by atoms with E-state index in [1.165, 1.54) is 12.8 Å². The Kier molecular flexibility index (Phi) is 4.60. The highest BCUT2D eigenvalue weighted by atomic mass is 16.3. The van der Waals surface area contributed by atoms with Crippen molar-refractivity contribution in [2.75, 3.05) is 32.7 Å². The number of carbonyl (C=O) groups excluding carboxylic acids is 1. The molecule has 0 aliphatic carbocycles. The van der Waals surface area contributed by atoms with Crippen LogP contribution in [0.15, 0.2) is 22.8 Å². The number of amides is 1. The van der Waals surface area contributed by atoms with Crippen molar-refractivity contribution in [2.45, 2.75) is 25.8 Å². The second kappa shape index (κ2) is 6.62. The van der Waals surface area contributed by atoms with E-state index in [-0.39, 0.29) is 17.9 Å². The smallest absolute Gasteiger partial charge is 0.223 e. The molecule has 0 saturated carbocycles. The third-order valence-electron chi connectivity index (χ3n) is 4.86. The van der Waals surface area contributed by atoms with Crippen molar-refractivity contribution in [1.82, 2.24) is 15.5 Å². The van der Waals surface area contributed by atoms with Crippen molar-refractivity contribution in [2.24, 2.45) is 11.8 Å². The molecule has 3 rings (SSSR count). The average molecular weight is 291 g/mol. The van der Waals surface area contributed by atoms with Crippen molar-refractivity contribution in [3.8, 4) is 0 Å². The van der Waals surface area contributed by atoms with Crippen molar-refractivity contribution in [3.05, 3.63) is 24.2 Å². The van der Waals surface area contributed by atoms with E-state index in [0.717, 1.165) is 31.9 Å². The predicted molar refractivity (Wildman–Crippen MR) is 80.8 cm³/mol. The minimum absolute atomic E-state index is 0.0853. The van der Waals surface area contributed by atoms with Crippen LogP contribution in [-0.4, -0.2) is 43.5 Å². The fraction of sp³-hybridized carbons (Fsp3) is 0.688. The van der Waals surface area contributed by atoms with Gasteiger partial charge in [0.05, 0.1) is 12.3 Å². The standard InChI is InChI=1S/C16H25N3O2/c1-12(13-9-17-10-13)16(20)18-11-14(15-5-4-8-21-15)19-6-2-3-7-19/h4-5,8,12-14,17H,2-3,6-7,9-11H2,1H3,(H,18,20). The quantitative estimate of drug-likeness (QED) is 0.831. The van der Waals surface area contributed by atoms with Gasteiger partial charge in [-0.3, -0.25) is 9.69 Å². The Balaban J connectivity index is 1.57. The summed E-state index contributed by atoms with van der Waals surface area (Å²) in [4.78, 5) is 14.7. The van der Waals surface area contributed by atoms with Crippen LogP contribution in [0.1, 0.15) is 31.6 Å². The average Bonchev–Trinajstić information content (AvgIpc) is 3.09. The van der Waals surface area contributed by atoms with Crippen molar-refractivity contribution in [1.29, 1.82) is 0 Å². The van der Waals surface area contributed by atoms with Crippen molar-refractivity contribution < 1.29 is 9.21 Å². The maximum Gasteiger partial charge on any atom is 0.223 e. The van der Waals surface area contributed by atoms with Gasteiger partial charge in [0.2, 0.25) is 5.91 Å². The number of rotatable bonds is 6. The number of carbonyl (C=O) groups is 1. The highest BCUT2D eigenvalue weighted by Crippen LogP contribution is 2.25. The summed E-state index contributed by atoms with van der Waals surface area (Å²) < 4.78 is 5.58. The van der Waals surface area contributed by atoms with E-state index < -0.39 is 0 Å². The van der Waals surface area contributed by atoms with Gasteiger partial charge in [-0.15, -0.1) is 0 Å². The zero-order valence-corrected chi connectivity index (χ0v) is 12.7. The van der Waals surface area contributed by atoms with Gasteiger partial charge >= 0.3 is 0 Å². The number of furan rings is 1. The first-order valence-electron chi connectivity index (χ1n) is 8.01. The Bertz CT molecular complexity index is 450. The molecule has 3 heterocycles. The fourth-order valence-corrected chi connectivity index (χ4v) is 3.18. The molecule has 0 bridgehead atoms. The van der Waals surface area contributed by atoms with E-state index in [9.17, 15) is 4.79 Å². The van der Waals surface area contributed by atoms with E-state index in [4.69, 9.17) is 4.42 Å². The molecule has 21 heavy (non-hydrogen) atoms. The molecular weight excluding hydrogens is 266 g/mol. The molecular formula is C16H25N3O2. The number of likely N-dealkylation sites (tertiary alicyclic amines) is 1. The number of hydrogen-bond acceptors (Lipinski definition) is 4. The van der Waals surface area contributed by atoms with Gasteiger partial charge in [0, 0.05) is 12.5 Å². The molecule has 2 N–H and O–H groups in total. The molecule has 2 saturated heterocycles. The summed E-state index contributed by atoms with van der Waals surface area (Å²) in [5.41, 5.74) is 0. The maximum atomic E-state index is 12.3. The first-order valence-corrected chi connectivity index (χ1v) is 8.01. The summed E-state index contributed by atoms with van der Waals surface area (Å²) in [6, 6.07) is 4.09. The third kappa shape index (κ3) is 3.30. The lowest BCUT2D eigenvalue weighted by Gasteiger charge is -2.32. The van der Waals surface area contributed by atoms with E-state index >= 15 is 0 Å². The van der Waals surface area contributed by atoms with Crippen LogP contribution >= 0.6 is 0 Å². The van der Waals surface area contributed by atoms with Crippen LogP contribution in [0.2, 0.25) is 0 Å². The predicted octanol–water partition coefficient (Wildman–Crippen LogP) is 1.39. The van der Waals surface area contributed by atoms with E-state index in [1.807, 2.05) is 19.1 Å². The topological polar surface area (TPSA) is 57.5 Å². The third-order valence-corrected chi connectivity index (χ3v) is 4.86. The lowest BCUT2D eigenvalue weighted by Crippen LogP contribution is -2.50. The number of nitrogens with one attached hydrogen (secondary N) is 2. The van der Waals surface area contributed by atoms with Gasteiger partial charge in [0.25, 0.3) is 0 Å². The van der Waals surface area contributed by atoms with Crippen molar-refractivity contribution >= 4 is 5.91 Å². The van der Waals surface area contributed by atoms with Crippen LogP contribution in [0.25, 0.3) is 0 Å². The summed E-state index contributed by atoms with van der Waals surface area (Å²) in [5.74, 6) is 1.69. The second-order valence-electron chi connectivity index (χ2n) is 6.23. The molecule has 2 atom stereocenters. The van der Waals surface area contributed by atoms with Crippen LogP contribution in [-0.2, 0) is 4.79 Å². The Morgan fingerprint density at radius 3 is 2.81 bits per heavy atom. The maximum absolute atomic E-state index is 12.3. The molecule has 1 amide bonds. The van der Waals surface area contributed by atoms with Gasteiger partial charge in [-0.1, -0.05) is 6.92 Å². The van der Waals surface area contributed by atoms with E-state index in [2.05, 4.69) is 15.5 Å². The molecule has 116 valence electrons. The van der Waals surface area contributed by atoms with Gasteiger partial charge in [-0.2, -0.15) is 0 Å². The lowest BCUT2D eigenvalue weighted by atomic mass is 9.88. The van der Waals surface area contributed by atoms with E-state index in [1.54, 1.807) is 6.26 Å². The zero-order valence-electron chi connectivity index (χ0n) is 12.7. The zero-order chi connectivity index (χ0) is 14.7. The monoisotopic (exact) mass is 291 g/mol.